The number of benzene rings is 1. The van der Waals surface area contributed by atoms with Crippen LogP contribution in [0.1, 0.15) is 39.1 Å². The first-order valence-electron chi connectivity index (χ1n) is 6.31. The van der Waals surface area contributed by atoms with Gasteiger partial charge >= 0.3 is 5.97 Å². The van der Waals surface area contributed by atoms with E-state index in [4.69, 9.17) is 4.84 Å². The van der Waals surface area contributed by atoms with Crippen LogP contribution in [0.5, 0.6) is 0 Å². The molecular weight excluding hydrogens is 290 g/mol. The van der Waals surface area contributed by atoms with Crippen LogP contribution in [-0.2, 0) is 9.63 Å². The van der Waals surface area contributed by atoms with E-state index in [9.17, 15) is 14.4 Å². The fraction of sp³-hybridized carbons (Fsp3) is 0.133. The molecule has 1 atom stereocenters. The Morgan fingerprint density at radius 2 is 1.76 bits per heavy atom. The third-order valence-electron chi connectivity index (χ3n) is 3.33. The average molecular weight is 301 g/mol. The second-order valence-corrected chi connectivity index (χ2v) is 5.42. The van der Waals surface area contributed by atoms with Crippen molar-refractivity contribution >= 4 is 29.1 Å². The number of thiophene rings is 1. The van der Waals surface area contributed by atoms with Gasteiger partial charge in [-0.2, -0.15) is 11.3 Å². The van der Waals surface area contributed by atoms with E-state index >= 15 is 0 Å². The van der Waals surface area contributed by atoms with Crippen LogP contribution in [0.25, 0.3) is 0 Å². The highest BCUT2D eigenvalue weighted by Gasteiger charge is 2.39. The lowest BCUT2D eigenvalue weighted by Gasteiger charge is -2.15. The summed E-state index contributed by atoms with van der Waals surface area (Å²) >= 11 is 1.46. The van der Waals surface area contributed by atoms with Gasteiger partial charge in [0, 0.05) is 0 Å². The molecule has 5 nitrogen and oxygen atoms in total. The molecule has 2 aromatic rings. The number of rotatable bonds is 3. The molecule has 6 heteroatoms. The van der Waals surface area contributed by atoms with Gasteiger partial charge in [0.2, 0.25) is 0 Å². The minimum absolute atomic E-state index is 0.249. The van der Waals surface area contributed by atoms with Crippen molar-refractivity contribution < 1.29 is 19.2 Å². The Bertz CT molecular complexity index is 688. The standard InChI is InChI=1S/C15H11NO4S/c1-9(10-6-7-21-8-10)15(19)20-16-13(17)11-4-2-3-5-12(11)14(16)18/h2-9H,1H3. The number of imide groups is 1. The molecule has 2 amide bonds. The molecule has 0 bridgehead atoms. The Balaban J connectivity index is 1.79. The molecule has 0 N–H and O–H groups in total. The van der Waals surface area contributed by atoms with Crippen molar-refractivity contribution in [1.29, 1.82) is 0 Å². The average Bonchev–Trinajstić information content (AvgIpc) is 3.11. The summed E-state index contributed by atoms with van der Waals surface area (Å²) in [6.07, 6.45) is 0. The maximum Gasteiger partial charge on any atom is 0.340 e. The molecule has 0 fully saturated rings. The van der Waals surface area contributed by atoms with Crippen molar-refractivity contribution in [2.24, 2.45) is 0 Å². The number of hydrogen-bond donors (Lipinski definition) is 0. The second-order valence-electron chi connectivity index (χ2n) is 4.64. The molecule has 1 unspecified atom stereocenters. The maximum absolute atomic E-state index is 12.1. The Morgan fingerprint density at radius 3 is 2.29 bits per heavy atom. The number of amides is 2. The van der Waals surface area contributed by atoms with E-state index in [1.165, 1.54) is 23.5 Å². The van der Waals surface area contributed by atoms with E-state index in [1.807, 2.05) is 10.8 Å². The molecule has 1 aliphatic rings. The number of carbonyl (C=O) groups is 3. The van der Waals surface area contributed by atoms with Crippen molar-refractivity contribution in [3.63, 3.8) is 0 Å². The normalized spacial score (nSPS) is 15.0. The number of carbonyl (C=O) groups excluding carboxylic acids is 3. The lowest BCUT2D eigenvalue weighted by Crippen LogP contribution is -2.34. The van der Waals surface area contributed by atoms with Crippen molar-refractivity contribution in [2.75, 3.05) is 0 Å². The zero-order valence-electron chi connectivity index (χ0n) is 11.1. The van der Waals surface area contributed by atoms with Gasteiger partial charge in [0.1, 0.15) is 0 Å². The van der Waals surface area contributed by atoms with Crippen molar-refractivity contribution in [2.45, 2.75) is 12.8 Å². The fourth-order valence-corrected chi connectivity index (χ4v) is 2.83. The predicted octanol–water partition coefficient (Wildman–Crippen LogP) is 2.61. The zero-order chi connectivity index (χ0) is 15.0. The van der Waals surface area contributed by atoms with Gasteiger partial charge in [-0.3, -0.25) is 9.59 Å². The maximum atomic E-state index is 12.1. The topological polar surface area (TPSA) is 63.7 Å². The van der Waals surface area contributed by atoms with Crippen LogP contribution in [-0.4, -0.2) is 22.8 Å². The Labute approximate surface area is 124 Å². The van der Waals surface area contributed by atoms with Crippen LogP contribution >= 0.6 is 11.3 Å². The molecule has 0 saturated carbocycles. The number of nitrogens with zero attached hydrogens (tertiary/aromatic N) is 1. The molecule has 21 heavy (non-hydrogen) atoms. The van der Waals surface area contributed by atoms with Crippen LogP contribution in [0.15, 0.2) is 41.1 Å². The number of hydroxylamine groups is 2. The molecule has 0 radical (unpaired) electrons. The van der Waals surface area contributed by atoms with E-state index in [0.29, 0.717) is 5.06 Å². The summed E-state index contributed by atoms with van der Waals surface area (Å²) in [5, 5.41) is 4.21. The Hall–Kier alpha value is -2.47. The predicted molar refractivity (Wildman–Crippen MR) is 75.8 cm³/mol. The Kier molecular flexibility index (Phi) is 3.31. The van der Waals surface area contributed by atoms with Gasteiger partial charge < -0.3 is 4.84 Å². The van der Waals surface area contributed by atoms with E-state index in [0.717, 1.165) is 5.56 Å². The van der Waals surface area contributed by atoms with Crippen LogP contribution in [0.3, 0.4) is 0 Å². The SMILES string of the molecule is CC(C(=O)ON1C(=O)c2ccccc2C1=O)c1ccsc1. The summed E-state index contributed by atoms with van der Waals surface area (Å²) in [5.74, 6) is -2.40. The Morgan fingerprint density at radius 1 is 1.14 bits per heavy atom. The third-order valence-corrected chi connectivity index (χ3v) is 4.04. The largest absolute Gasteiger partial charge is 0.340 e. The summed E-state index contributed by atoms with van der Waals surface area (Å²) in [5.41, 5.74) is 1.29. The summed E-state index contributed by atoms with van der Waals surface area (Å²) in [7, 11) is 0. The van der Waals surface area contributed by atoms with E-state index in [-0.39, 0.29) is 11.1 Å². The van der Waals surface area contributed by atoms with Gasteiger partial charge in [0.05, 0.1) is 17.0 Å². The molecule has 1 aromatic heterocycles. The summed E-state index contributed by atoms with van der Waals surface area (Å²) in [6.45, 7) is 1.67. The zero-order valence-corrected chi connectivity index (χ0v) is 11.9. The molecule has 3 rings (SSSR count). The van der Waals surface area contributed by atoms with Crippen LogP contribution < -0.4 is 0 Å². The fourth-order valence-electron chi connectivity index (χ4n) is 2.08. The smallest absolute Gasteiger partial charge is 0.329 e. The molecule has 0 spiro atoms. The highest BCUT2D eigenvalue weighted by molar-refractivity contribution is 7.08. The molecule has 106 valence electrons. The third kappa shape index (κ3) is 2.23. The lowest BCUT2D eigenvalue weighted by molar-refractivity contribution is -0.170. The molecular formula is C15H11NO4S. The highest BCUT2D eigenvalue weighted by Crippen LogP contribution is 2.25. The number of hydrogen-bond acceptors (Lipinski definition) is 5. The lowest BCUT2D eigenvalue weighted by atomic mass is 10.1. The summed E-state index contributed by atoms with van der Waals surface area (Å²) in [4.78, 5) is 41.2. The van der Waals surface area contributed by atoms with E-state index in [1.54, 1.807) is 25.1 Å². The van der Waals surface area contributed by atoms with Crippen LogP contribution in [0.4, 0.5) is 0 Å². The highest BCUT2D eigenvalue weighted by atomic mass is 32.1. The van der Waals surface area contributed by atoms with E-state index in [2.05, 4.69) is 0 Å². The molecule has 0 saturated heterocycles. The van der Waals surface area contributed by atoms with Crippen LogP contribution in [0.2, 0.25) is 0 Å². The number of fused-ring (bicyclic) bond motifs is 1. The minimum atomic E-state index is -0.636. The van der Waals surface area contributed by atoms with Gasteiger partial charge in [-0.25, -0.2) is 4.79 Å². The van der Waals surface area contributed by atoms with Gasteiger partial charge in [0.15, 0.2) is 0 Å². The first-order chi connectivity index (χ1) is 10.1. The first-order valence-corrected chi connectivity index (χ1v) is 7.25. The quantitative estimate of drug-likeness (QED) is 0.817. The van der Waals surface area contributed by atoms with Crippen molar-refractivity contribution in [1.82, 2.24) is 5.06 Å². The van der Waals surface area contributed by atoms with Gasteiger partial charge in [-0.05, 0) is 41.4 Å². The van der Waals surface area contributed by atoms with Crippen molar-refractivity contribution in [3.05, 3.63) is 57.8 Å². The van der Waals surface area contributed by atoms with E-state index < -0.39 is 23.7 Å². The first kappa shape index (κ1) is 13.5. The van der Waals surface area contributed by atoms with Gasteiger partial charge in [-0.1, -0.05) is 17.2 Å². The van der Waals surface area contributed by atoms with Crippen LogP contribution in [0, 0.1) is 0 Å². The second kappa shape index (κ2) is 5.14. The molecule has 2 heterocycles. The molecule has 0 aliphatic carbocycles. The molecule has 1 aliphatic heterocycles. The molecule has 1 aromatic carbocycles. The van der Waals surface area contributed by atoms with Crippen molar-refractivity contribution in [3.8, 4) is 0 Å². The van der Waals surface area contributed by atoms with Gasteiger partial charge in [0.25, 0.3) is 11.8 Å². The monoisotopic (exact) mass is 301 g/mol. The van der Waals surface area contributed by atoms with Gasteiger partial charge in [-0.15, -0.1) is 0 Å². The minimum Gasteiger partial charge on any atom is -0.329 e. The summed E-state index contributed by atoms with van der Waals surface area (Å²) < 4.78 is 0. The summed E-state index contributed by atoms with van der Waals surface area (Å²) in [6, 6.07) is 8.18.